The van der Waals surface area contributed by atoms with E-state index in [0.717, 1.165) is 53.8 Å². The molecular formula is C17H24N6. The molecule has 0 aliphatic carbocycles. The Balaban J connectivity index is 1.85. The van der Waals surface area contributed by atoms with Gasteiger partial charge < -0.3 is 25.9 Å². The van der Waals surface area contributed by atoms with E-state index in [1.54, 1.807) is 0 Å². The summed E-state index contributed by atoms with van der Waals surface area (Å²) < 4.78 is 0. The summed E-state index contributed by atoms with van der Waals surface area (Å²) in [6.45, 7) is 2.23. The van der Waals surface area contributed by atoms with Crippen molar-refractivity contribution < 1.29 is 0 Å². The Morgan fingerprint density at radius 1 is 1.43 bits per heavy atom. The largest absolute Gasteiger partial charge is 0.388 e. The van der Waals surface area contributed by atoms with E-state index >= 15 is 0 Å². The Labute approximate surface area is 136 Å². The van der Waals surface area contributed by atoms with Crippen molar-refractivity contribution in [1.29, 1.82) is 5.41 Å². The van der Waals surface area contributed by atoms with Crippen LogP contribution in [0.1, 0.15) is 18.4 Å². The van der Waals surface area contributed by atoms with Gasteiger partial charge in [0.25, 0.3) is 0 Å². The highest BCUT2D eigenvalue weighted by molar-refractivity contribution is 6.13. The summed E-state index contributed by atoms with van der Waals surface area (Å²) >= 11 is 0. The molecule has 0 bridgehead atoms. The number of aromatic nitrogens is 2. The molecule has 2 aromatic heterocycles. The van der Waals surface area contributed by atoms with Crippen molar-refractivity contribution in [2.45, 2.75) is 18.9 Å². The first-order valence-electron chi connectivity index (χ1n) is 8.02. The predicted octanol–water partition coefficient (Wildman–Crippen LogP) is 2.28. The van der Waals surface area contributed by atoms with Crippen LogP contribution in [0.25, 0.3) is 16.6 Å². The summed E-state index contributed by atoms with van der Waals surface area (Å²) in [5.41, 5.74) is 3.63. The van der Waals surface area contributed by atoms with E-state index in [0.29, 0.717) is 6.04 Å². The van der Waals surface area contributed by atoms with Crippen LogP contribution < -0.4 is 10.6 Å². The van der Waals surface area contributed by atoms with E-state index < -0.39 is 0 Å². The van der Waals surface area contributed by atoms with Gasteiger partial charge in [-0.2, -0.15) is 0 Å². The normalized spacial score (nSPS) is 17.4. The molecule has 6 heteroatoms. The molecule has 3 heterocycles. The average Bonchev–Trinajstić information content (AvgIpc) is 3.05. The second-order valence-corrected chi connectivity index (χ2v) is 6.03. The van der Waals surface area contributed by atoms with Crippen molar-refractivity contribution in [3.8, 4) is 0 Å². The number of rotatable bonds is 5. The van der Waals surface area contributed by atoms with Crippen molar-refractivity contribution in [3.05, 3.63) is 30.2 Å². The number of anilines is 1. The third-order valence-corrected chi connectivity index (χ3v) is 4.50. The minimum Gasteiger partial charge on any atom is -0.388 e. The summed E-state index contributed by atoms with van der Waals surface area (Å²) in [5, 5.41) is 15.5. The van der Waals surface area contributed by atoms with Crippen LogP contribution >= 0.6 is 0 Å². The van der Waals surface area contributed by atoms with Gasteiger partial charge in [-0.15, -0.1) is 0 Å². The maximum Gasteiger partial charge on any atom is 0.139 e. The number of fused-ring (bicyclic) bond motifs is 1. The van der Waals surface area contributed by atoms with E-state index in [4.69, 9.17) is 5.41 Å². The molecule has 0 aromatic carbocycles. The average molecular weight is 312 g/mol. The van der Waals surface area contributed by atoms with Gasteiger partial charge in [0.05, 0.1) is 5.69 Å². The Hall–Kier alpha value is -2.34. The van der Waals surface area contributed by atoms with Crippen molar-refractivity contribution in [2.24, 2.45) is 0 Å². The van der Waals surface area contributed by atoms with E-state index in [2.05, 4.69) is 32.5 Å². The van der Waals surface area contributed by atoms with Crippen LogP contribution in [0.5, 0.6) is 0 Å². The molecule has 23 heavy (non-hydrogen) atoms. The summed E-state index contributed by atoms with van der Waals surface area (Å²) in [6.07, 6.45) is 9.31. The van der Waals surface area contributed by atoms with Crippen molar-refractivity contribution in [1.82, 2.24) is 20.2 Å². The molecular weight excluding hydrogens is 288 g/mol. The topological polar surface area (TPSA) is 79.8 Å². The lowest BCUT2D eigenvalue weighted by molar-refractivity contribution is 0.244. The molecule has 1 fully saturated rings. The van der Waals surface area contributed by atoms with Crippen LogP contribution in [0.4, 0.5) is 5.69 Å². The SMILES string of the molecule is CNc1c(/C(C=N)=C/NC2CCN(C)CC2)cnc2[nH]ccc12. The zero-order valence-electron chi connectivity index (χ0n) is 13.7. The second-order valence-electron chi connectivity index (χ2n) is 6.03. The molecule has 2 aromatic rings. The molecule has 0 saturated carbocycles. The third-order valence-electron chi connectivity index (χ3n) is 4.50. The Morgan fingerprint density at radius 3 is 2.91 bits per heavy atom. The predicted molar refractivity (Wildman–Crippen MR) is 96.1 cm³/mol. The summed E-state index contributed by atoms with van der Waals surface area (Å²) in [6, 6.07) is 2.48. The monoisotopic (exact) mass is 312 g/mol. The van der Waals surface area contributed by atoms with Crippen LogP contribution in [-0.2, 0) is 0 Å². The number of pyridine rings is 1. The van der Waals surface area contributed by atoms with Crippen molar-refractivity contribution in [2.75, 3.05) is 32.5 Å². The quantitative estimate of drug-likeness (QED) is 0.639. The van der Waals surface area contributed by atoms with Crippen LogP contribution in [0.2, 0.25) is 0 Å². The minimum atomic E-state index is 0.475. The lowest BCUT2D eigenvalue weighted by Gasteiger charge is -2.29. The van der Waals surface area contributed by atoms with Crippen LogP contribution in [0, 0.1) is 5.41 Å². The summed E-state index contributed by atoms with van der Waals surface area (Å²) in [7, 11) is 4.06. The molecule has 0 unspecified atom stereocenters. The number of aromatic amines is 1. The fourth-order valence-corrected chi connectivity index (χ4v) is 3.08. The molecule has 0 spiro atoms. The minimum absolute atomic E-state index is 0.475. The van der Waals surface area contributed by atoms with Crippen molar-refractivity contribution >= 4 is 28.5 Å². The molecule has 4 N–H and O–H groups in total. The Kier molecular flexibility index (Phi) is 4.62. The van der Waals surface area contributed by atoms with Gasteiger partial charge in [0.2, 0.25) is 0 Å². The van der Waals surface area contributed by atoms with Crippen LogP contribution in [0.3, 0.4) is 0 Å². The lowest BCUT2D eigenvalue weighted by Crippen LogP contribution is -2.38. The highest BCUT2D eigenvalue weighted by Crippen LogP contribution is 2.29. The number of hydrogen-bond acceptors (Lipinski definition) is 5. The zero-order valence-corrected chi connectivity index (χ0v) is 13.7. The van der Waals surface area contributed by atoms with Crippen molar-refractivity contribution in [3.63, 3.8) is 0 Å². The van der Waals surface area contributed by atoms with Gasteiger partial charge in [-0.1, -0.05) is 0 Å². The molecule has 122 valence electrons. The number of piperidine rings is 1. The smallest absolute Gasteiger partial charge is 0.139 e. The van der Waals surface area contributed by atoms with Gasteiger partial charge in [0.15, 0.2) is 0 Å². The van der Waals surface area contributed by atoms with Gasteiger partial charge in [-0.05, 0) is 39.0 Å². The highest BCUT2D eigenvalue weighted by Gasteiger charge is 2.16. The number of H-pyrrole nitrogens is 1. The van der Waals surface area contributed by atoms with Crippen LogP contribution in [0.15, 0.2) is 24.7 Å². The third kappa shape index (κ3) is 3.22. The first-order chi connectivity index (χ1) is 11.2. The first kappa shape index (κ1) is 15.6. The van der Waals surface area contributed by atoms with E-state index in [1.165, 1.54) is 6.21 Å². The van der Waals surface area contributed by atoms with E-state index in [9.17, 15) is 0 Å². The molecule has 0 amide bonds. The Morgan fingerprint density at radius 2 is 2.22 bits per heavy atom. The number of hydrogen-bond donors (Lipinski definition) is 4. The molecule has 1 aliphatic heterocycles. The van der Waals surface area contributed by atoms with Gasteiger partial charge in [-0.3, -0.25) is 0 Å². The molecule has 0 radical (unpaired) electrons. The van der Waals surface area contributed by atoms with E-state index in [1.807, 2.05) is 31.7 Å². The fourth-order valence-electron chi connectivity index (χ4n) is 3.08. The van der Waals surface area contributed by atoms with Crippen LogP contribution in [-0.4, -0.2) is 54.3 Å². The summed E-state index contributed by atoms with van der Waals surface area (Å²) in [4.78, 5) is 9.92. The van der Waals surface area contributed by atoms with Gasteiger partial charge >= 0.3 is 0 Å². The number of allylic oxidation sites excluding steroid dienone is 1. The number of nitrogens with zero attached hydrogens (tertiary/aromatic N) is 2. The molecule has 1 saturated heterocycles. The van der Waals surface area contributed by atoms with Gasteiger partial charge in [-0.25, -0.2) is 4.98 Å². The number of nitrogens with one attached hydrogen (secondary N) is 4. The molecule has 6 nitrogen and oxygen atoms in total. The fraction of sp³-hybridized carbons (Fsp3) is 0.412. The van der Waals surface area contributed by atoms with Gasteiger partial charge in [0.1, 0.15) is 5.65 Å². The maximum atomic E-state index is 7.78. The zero-order chi connectivity index (χ0) is 16.2. The molecule has 3 rings (SSSR count). The second kappa shape index (κ2) is 6.83. The first-order valence-corrected chi connectivity index (χ1v) is 8.02. The lowest BCUT2D eigenvalue weighted by atomic mass is 10.0. The highest BCUT2D eigenvalue weighted by atomic mass is 15.1. The number of likely N-dealkylation sites (tertiary alicyclic amines) is 1. The summed E-state index contributed by atoms with van der Waals surface area (Å²) in [5.74, 6) is 0. The molecule has 0 atom stereocenters. The van der Waals surface area contributed by atoms with Gasteiger partial charge in [0, 0.05) is 54.4 Å². The standard InChI is InChI=1S/C17H24N6/c1-19-16-14-3-6-20-17(14)22-11-15(16)12(9-18)10-21-13-4-7-23(2)8-5-13/h3,6,9-11,13,18,21H,4-5,7-8H2,1-2H3,(H2,19,20,22)/b12-10+,18-9?. The molecule has 1 aliphatic rings. The van der Waals surface area contributed by atoms with E-state index in [-0.39, 0.29) is 0 Å². The maximum absolute atomic E-state index is 7.78. The Bertz CT molecular complexity index is 709.